The smallest absolute Gasteiger partial charge is 0.0822 e. The third-order valence-electron chi connectivity index (χ3n) is 5.45. The lowest BCUT2D eigenvalue weighted by Crippen LogP contribution is -3.14. The fourth-order valence-corrected chi connectivity index (χ4v) is 4.43. The van der Waals surface area contributed by atoms with E-state index in [-0.39, 0.29) is 12.4 Å². The Labute approximate surface area is 136 Å². The van der Waals surface area contributed by atoms with Gasteiger partial charge in [0.05, 0.1) is 19.6 Å². The highest BCUT2D eigenvalue weighted by Gasteiger charge is 2.29. The van der Waals surface area contributed by atoms with E-state index in [9.17, 15) is 0 Å². The number of benzene rings is 1. The highest BCUT2D eigenvalue weighted by molar-refractivity contribution is 5.34. The third-order valence-corrected chi connectivity index (χ3v) is 5.45. The highest BCUT2D eigenvalue weighted by atomic mass is 35.5. The maximum atomic E-state index is 2.44. The summed E-state index contributed by atoms with van der Waals surface area (Å²) in [6.45, 7) is 9.07. The largest absolute Gasteiger partial charge is 1.00 e. The molecule has 2 unspecified atom stereocenters. The number of likely N-dealkylation sites (tertiary alicyclic amines) is 1. The van der Waals surface area contributed by atoms with Crippen LogP contribution in [0.5, 0.6) is 0 Å². The van der Waals surface area contributed by atoms with E-state index in [4.69, 9.17) is 0 Å². The molecule has 118 valence electrons. The van der Waals surface area contributed by atoms with Gasteiger partial charge in [-0.05, 0) is 55.6 Å². The molecule has 1 nitrogen and oxygen atoms in total. The maximum absolute atomic E-state index is 2.44. The van der Waals surface area contributed by atoms with Crippen molar-refractivity contribution in [1.29, 1.82) is 0 Å². The number of rotatable bonds is 4. The lowest BCUT2D eigenvalue weighted by Gasteiger charge is -2.35. The van der Waals surface area contributed by atoms with Gasteiger partial charge >= 0.3 is 0 Å². The number of piperidine rings is 1. The van der Waals surface area contributed by atoms with Crippen LogP contribution in [-0.4, -0.2) is 19.6 Å². The van der Waals surface area contributed by atoms with Crippen molar-refractivity contribution < 1.29 is 17.3 Å². The zero-order valence-corrected chi connectivity index (χ0v) is 14.4. The van der Waals surface area contributed by atoms with E-state index in [0.29, 0.717) is 5.41 Å². The van der Waals surface area contributed by atoms with Crippen LogP contribution < -0.4 is 17.3 Å². The second-order valence-electron chi connectivity index (χ2n) is 7.77. The summed E-state index contributed by atoms with van der Waals surface area (Å²) in [5, 5.41) is 0. The molecule has 2 atom stereocenters. The number of halogens is 1. The Balaban J connectivity index is 0.00000161. The molecule has 1 heterocycles. The molecule has 0 spiro atoms. The van der Waals surface area contributed by atoms with Gasteiger partial charge in [-0.15, -0.1) is 0 Å². The van der Waals surface area contributed by atoms with Crippen molar-refractivity contribution in [2.24, 2.45) is 5.41 Å². The van der Waals surface area contributed by atoms with E-state index in [1.807, 2.05) is 4.90 Å². The second-order valence-corrected chi connectivity index (χ2v) is 7.77. The lowest BCUT2D eigenvalue weighted by atomic mass is 9.84. The Bertz CT molecular complexity index is 455. The molecule has 0 saturated carbocycles. The van der Waals surface area contributed by atoms with E-state index < -0.39 is 0 Å². The van der Waals surface area contributed by atoms with Gasteiger partial charge in [0, 0.05) is 5.41 Å². The zero-order valence-electron chi connectivity index (χ0n) is 13.6. The lowest BCUT2D eigenvalue weighted by molar-refractivity contribution is -0.912. The number of hydrogen-bond donors (Lipinski definition) is 1. The predicted octanol–water partition coefficient (Wildman–Crippen LogP) is 0.206. The monoisotopic (exact) mass is 307 g/mol. The summed E-state index contributed by atoms with van der Waals surface area (Å²) in [6.07, 6.45) is 8.36. The number of fused-ring (bicyclic) bond motifs is 1. The summed E-state index contributed by atoms with van der Waals surface area (Å²) >= 11 is 0. The molecule has 1 fully saturated rings. The van der Waals surface area contributed by atoms with E-state index in [0.717, 1.165) is 5.92 Å². The van der Waals surface area contributed by atoms with Gasteiger partial charge in [-0.25, -0.2) is 0 Å². The molecule has 2 aliphatic rings. The van der Waals surface area contributed by atoms with Gasteiger partial charge in [-0.1, -0.05) is 38.1 Å². The summed E-state index contributed by atoms with van der Waals surface area (Å²) in [5.41, 5.74) is 3.85. The first-order valence-electron chi connectivity index (χ1n) is 8.55. The molecule has 0 amide bonds. The summed E-state index contributed by atoms with van der Waals surface area (Å²) < 4.78 is 0. The first kappa shape index (κ1) is 16.8. The number of aryl methyl sites for hydroxylation is 1. The Kier molecular flexibility index (Phi) is 5.73. The van der Waals surface area contributed by atoms with Crippen molar-refractivity contribution in [3.8, 4) is 0 Å². The minimum atomic E-state index is 0. The summed E-state index contributed by atoms with van der Waals surface area (Å²) in [4.78, 5) is 1.85. The van der Waals surface area contributed by atoms with Crippen molar-refractivity contribution in [3.63, 3.8) is 0 Å². The molecule has 1 aromatic carbocycles. The molecule has 1 aliphatic heterocycles. The maximum Gasteiger partial charge on any atom is 0.0822 e. The molecule has 1 aromatic rings. The Morgan fingerprint density at radius 3 is 2.86 bits per heavy atom. The predicted molar refractivity (Wildman–Crippen MR) is 85.3 cm³/mol. The van der Waals surface area contributed by atoms with Gasteiger partial charge in [0.25, 0.3) is 0 Å². The highest BCUT2D eigenvalue weighted by Crippen LogP contribution is 2.35. The van der Waals surface area contributed by atoms with Crippen LogP contribution in [0, 0.1) is 5.41 Å². The van der Waals surface area contributed by atoms with E-state index >= 15 is 0 Å². The quantitative estimate of drug-likeness (QED) is 0.811. The Morgan fingerprint density at radius 1 is 1.24 bits per heavy atom. The van der Waals surface area contributed by atoms with Crippen molar-refractivity contribution in [2.75, 3.05) is 19.6 Å². The van der Waals surface area contributed by atoms with Gasteiger partial charge in [-0.2, -0.15) is 0 Å². The molecule has 3 rings (SSSR count). The third kappa shape index (κ3) is 4.23. The molecule has 0 bridgehead atoms. The van der Waals surface area contributed by atoms with E-state index in [1.165, 1.54) is 58.2 Å². The molecular formula is C19H30ClN. The van der Waals surface area contributed by atoms with Crippen LogP contribution in [0.4, 0.5) is 0 Å². The fourth-order valence-electron chi connectivity index (χ4n) is 4.43. The van der Waals surface area contributed by atoms with Crippen LogP contribution in [0.2, 0.25) is 0 Å². The van der Waals surface area contributed by atoms with Crippen LogP contribution in [0.3, 0.4) is 0 Å². The molecule has 21 heavy (non-hydrogen) atoms. The standard InChI is InChI=1S/C19H29N.ClH/c1-19(2)12-6-14-20(15-19)13-5-8-17-11-10-16-7-3-4-9-18(16)17;/h3-4,7,9,17H,5-6,8,10-15H2,1-2H3;1H. The topological polar surface area (TPSA) is 4.44 Å². The Hall–Kier alpha value is -0.530. The molecule has 1 aliphatic carbocycles. The van der Waals surface area contributed by atoms with Gasteiger partial charge < -0.3 is 17.3 Å². The first-order valence-corrected chi connectivity index (χ1v) is 8.55. The zero-order chi connectivity index (χ0) is 14.0. The minimum absolute atomic E-state index is 0. The first-order chi connectivity index (χ1) is 9.64. The number of quaternary nitrogens is 1. The average molecular weight is 308 g/mol. The molecule has 0 radical (unpaired) electrons. The normalized spacial score (nSPS) is 27.0. The summed E-state index contributed by atoms with van der Waals surface area (Å²) in [5.74, 6) is 0.850. The van der Waals surface area contributed by atoms with Gasteiger partial charge in [-0.3, -0.25) is 0 Å². The van der Waals surface area contributed by atoms with Crippen molar-refractivity contribution in [2.45, 2.75) is 58.3 Å². The Morgan fingerprint density at radius 2 is 2.05 bits per heavy atom. The number of nitrogens with one attached hydrogen (secondary N) is 1. The molecule has 0 aromatic heterocycles. The molecular weight excluding hydrogens is 278 g/mol. The van der Waals surface area contributed by atoms with Crippen LogP contribution in [0.1, 0.15) is 63.0 Å². The van der Waals surface area contributed by atoms with E-state index in [2.05, 4.69) is 38.1 Å². The molecule has 1 N–H and O–H groups in total. The molecule has 1 saturated heterocycles. The van der Waals surface area contributed by atoms with Crippen LogP contribution in [0.25, 0.3) is 0 Å². The SMILES string of the molecule is CC1(C)CCC[NH+](CCCC2CCc3ccccc32)C1.[Cl-]. The van der Waals surface area contributed by atoms with Crippen LogP contribution in [0.15, 0.2) is 24.3 Å². The summed E-state index contributed by atoms with van der Waals surface area (Å²) in [6, 6.07) is 9.11. The van der Waals surface area contributed by atoms with Crippen LogP contribution >= 0.6 is 0 Å². The second kappa shape index (κ2) is 7.15. The van der Waals surface area contributed by atoms with Crippen molar-refractivity contribution in [1.82, 2.24) is 0 Å². The summed E-state index contributed by atoms with van der Waals surface area (Å²) in [7, 11) is 0. The van der Waals surface area contributed by atoms with Crippen LogP contribution in [-0.2, 0) is 6.42 Å². The minimum Gasteiger partial charge on any atom is -1.00 e. The fraction of sp³-hybridized carbons (Fsp3) is 0.684. The van der Waals surface area contributed by atoms with Gasteiger partial charge in [0.15, 0.2) is 0 Å². The van der Waals surface area contributed by atoms with Crippen molar-refractivity contribution in [3.05, 3.63) is 35.4 Å². The van der Waals surface area contributed by atoms with Gasteiger partial charge in [0.1, 0.15) is 0 Å². The average Bonchev–Trinajstić information content (AvgIpc) is 2.81. The number of hydrogen-bond acceptors (Lipinski definition) is 0. The van der Waals surface area contributed by atoms with E-state index in [1.54, 1.807) is 11.1 Å². The van der Waals surface area contributed by atoms with Crippen molar-refractivity contribution >= 4 is 0 Å². The van der Waals surface area contributed by atoms with Gasteiger partial charge in [0.2, 0.25) is 0 Å². The molecule has 2 heteroatoms.